The summed E-state index contributed by atoms with van der Waals surface area (Å²) in [6.07, 6.45) is 2.85. The lowest BCUT2D eigenvalue weighted by atomic mass is 10.2. The highest BCUT2D eigenvalue weighted by Gasteiger charge is 2.02. The minimum atomic E-state index is 0.376. The van der Waals surface area contributed by atoms with Crippen molar-refractivity contribution in [2.45, 2.75) is 26.3 Å². The fourth-order valence-electron chi connectivity index (χ4n) is 1.19. The molecule has 1 heterocycles. The van der Waals surface area contributed by atoms with Crippen LogP contribution in [0.3, 0.4) is 0 Å². The van der Waals surface area contributed by atoms with Gasteiger partial charge in [-0.1, -0.05) is 6.08 Å². The summed E-state index contributed by atoms with van der Waals surface area (Å²) in [4.78, 5) is 4.40. The molecule has 0 saturated heterocycles. The Bertz CT molecular complexity index is 323. The molecular weight excluding hydrogens is 240 g/mol. The van der Waals surface area contributed by atoms with Crippen molar-refractivity contribution in [1.82, 2.24) is 4.98 Å². The Balaban J connectivity index is 2.67. The van der Waals surface area contributed by atoms with Crippen LogP contribution in [0, 0.1) is 6.92 Å². The number of halogens is 1. The maximum absolute atomic E-state index is 4.40. The number of hydrogen-bond donors (Lipinski definition) is 1. The van der Waals surface area contributed by atoms with E-state index in [4.69, 9.17) is 0 Å². The molecule has 0 bridgehead atoms. The maximum atomic E-state index is 4.40. The van der Waals surface area contributed by atoms with E-state index in [1.807, 2.05) is 25.1 Å². The molecule has 0 aromatic carbocycles. The van der Waals surface area contributed by atoms with Crippen molar-refractivity contribution >= 4 is 21.7 Å². The summed E-state index contributed by atoms with van der Waals surface area (Å²) in [7, 11) is 0. The van der Waals surface area contributed by atoms with E-state index >= 15 is 0 Å². The van der Waals surface area contributed by atoms with E-state index in [2.05, 4.69) is 39.7 Å². The predicted molar refractivity (Wildman–Crippen MR) is 64.6 cm³/mol. The Morgan fingerprint density at radius 1 is 1.64 bits per heavy atom. The summed E-state index contributed by atoms with van der Waals surface area (Å²) in [6.45, 7) is 7.80. The number of nitrogens with one attached hydrogen (secondary N) is 1. The summed E-state index contributed by atoms with van der Waals surface area (Å²) in [5.41, 5.74) is 1.00. The molecule has 76 valence electrons. The molecule has 1 rings (SSSR count). The second-order valence-corrected chi connectivity index (χ2v) is 4.19. The van der Waals surface area contributed by atoms with Gasteiger partial charge in [0.2, 0.25) is 0 Å². The summed E-state index contributed by atoms with van der Waals surface area (Å²) >= 11 is 3.42. The first-order valence-electron chi connectivity index (χ1n) is 4.64. The van der Waals surface area contributed by atoms with Crippen LogP contribution in [0.5, 0.6) is 0 Å². The van der Waals surface area contributed by atoms with Crippen LogP contribution in [0.15, 0.2) is 29.3 Å². The summed E-state index contributed by atoms with van der Waals surface area (Å²) < 4.78 is 1.04. The van der Waals surface area contributed by atoms with Crippen molar-refractivity contribution in [3.63, 3.8) is 0 Å². The van der Waals surface area contributed by atoms with E-state index in [9.17, 15) is 0 Å². The molecular formula is C11H15BrN2. The Kier molecular flexibility index (Phi) is 4.14. The molecule has 3 heteroatoms. The van der Waals surface area contributed by atoms with Gasteiger partial charge < -0.3 is 5.32 Å². The molecule has 1 N–H and O–H groups in total. The number of aromatic nitrogens is 1. The first kappa shape index (κ1) is 11.2. The van der Waals surface area contributed by atoms with Gasteiger partial charge in [0, 0.05) is 10.5 Å². The third kappa shape index (κ3) is 3.14. The first-order valence-corrected chi connectivity index (χ1v) is 5.43. The van der Waals surface area contributed by atoms with Gasteiger partial charge in [-0.2, -0.15) is 0 Å². The third-order valence-electron chi connectivity index (χ3n) is 1.94. The molecule has 0 amide bonds. The molecule has 1 aromatic rings. The van der Waals surface area contributed by atoms with E-state index in [-0.39, 0.29) is 0 Å². The fourth-order valence-corrected chi connectivity index (χ4v) is 1.41. The summed E-state index contributed by atoms with van der Waals surface area (Å²) in [5, 5.41) is 3.31. The van der Waals surface area contributed by atoms with Crippen molar-refractivity contribution < 1.29 is 0 Å². The van der Waals surface area contributed by atoms with Gasteiger partial charge in [0.15, 0.2) is 0 Å². The first-order chi connectivity index (χ1) is 6.63. The van der Waals surface area contributed by atoms with Crippen LogP contribution < -0.4 is 5.32 Å². The van der Waals surface area contributed by atoms with E-state index in [0.717, 1.165) is 22.4 Å². The topological polar surface area (TPSA) is 24.9 Å². The van der Waals surface area contributed by atoms with Crippen LogP contribution in [-0.2, 0) is 0 Å². The van der Waals surface area contributed by atoms with E-state index < -0.39 is 0 Å². The molecule has 0 aliphatic heterocycles. The van der Waals surface area contributed by atoms with Gasteiger partial charge in [-0.15, -0.1) is 6.58 Å². The van der Waals surface area contributed by atoms with E-state index in [1.54, 1.807) is 0 Å². The standard InChI is InChI=1S/C11H15BrN2/c1-4-5-8(2)13-11-7-6-10(12)9(3)14-11/h4,6-8H,1,5H2,2-3H3,(H,13,14). The lowest BCUT2D eigenvalue weighted by molar-refractivity contribution is 0.806. The molecule has 1 atom stereocenters. The highest BCUT2D eigenvalue weighted by Crippen LogP contribution is 2.16. The van der Waals surface area contributed by atoms with E-state index in [1.165, 1.54) is 0 Å². The van der Waals surface area contributed by atoms with Gasteiger partial charge in [0.05, 0.1) is 5.69 Å². The quantitative estimate of drug-likeness (QED) is 0.832. The summed E-state index contributed by atoms with van der Waals surface area (Å²) in [6, 6.07) is 4.35. The van der Waals surface area contributed by atoms with Crippen LogP contribution in [-0.4, -0.2) is 11.0 Å². The largest absolute Gasteiger partial charge is 0.367 e. The number of nitrogens with zero attached hydrogens (tertiary/aromatic N) is 1. The second-order valence-electron chi connectivity index (χ2n) is 3.33. The molecule has 0 aliphatic carbocycles. The van der Waals surface area contributed by atoms with Gasteiger partial charge in [-0.05, 0) is 48.3 Å². The zero-order chi connectivity index (χ0) is 10.6. The zero-order valence-corrected chi connectivity index (χ0v) is 10.1. The van der Waals surface area contributed by atoms with E-state index in [0.29, 0.717) is 6.04 Å². The molecule has 1 unspecified atom stereocenters. The van der Waals surface area contributed by atoms with Crippen molar-refractivity contribution in [1.29, 1.82) is 0 Å². The predicted octanol–water partition coefficient (Wildman–Crippen LogP) is 3.53. The van der Waals surface area contributed by atoms with Crippen molar-refractivity contribution in [3.05, 3.63) is 35.0 Å². The third-order valence-corrected chi connectivity index (χ3v) is 2.77. The smallest absolute Gasteiger partial charge is 0.126 e. The Morgan fingerprint density at radius 2 is 2.36 bits per heavy atom. The van der Waals surface area contributed by atoms with Gasteiger partial charge >= 0.3 is 0 Å². The lowest BCUT2D eigenvalue weighted by Gasteiger charge is -2.12. The minimum absolute atomic E-state index is 0.376. The fraction of sp³-hybridized carbons (Fsp3) is 0.364. The Morgan fingerprint density at radius 3 is 2.93 bits per heavy atom. The highest BCUT2D eigenvalue weighted by atomic mass is 79.9. The molecule has 0 spiro atoms. The molecule has 0 saturated carbocycles. The van der Waals surface area contributed by atoms with Crippen molar-refractivity contribution in [2.24, 2.45) is 0 Å². The molecule has 1 aromatic heterocycles. The normalized spacial score (nSPS) is 12.2. The molecule has 14 heavy (non-hydrogen) atoms. The number of rotatable bonds is 4. The average Bonchev–Trinajstić information content (AvgIpc) is 2.12. The number of aryl methyl sites for hydroxylation is 1. The summed E-state index contributed by atoms with van der Waals surface area (Å²) in [5.74, 6) is 0.917. The highest BCUT2D eigenvalue weighted by molar-refractivity contribution is 9.10. The Hall–Kier alpha value is -0.830. The van der Waals surface area contributed by atoms with Crippen molar-refractivity contribution in [3.8, 4) is 0 Å². The zero-order valence-electron chi connectivity index (χ0n) is 8.55. The van der Waals surface area contributed by atoms with Crippen LogP contribution in [0.1, 0.15) is 19.0 Å². The molecule has 0 aliphatic rings. The molecule has 0 fully saturated rings. The van der Waals surface area contributed by atoms with Gasteiger partial charge in [0.25, 0.3) is 0 Å². The lowest BCUT2D eigenvalue weighted by Crippen LogP contribution is -2.14. The van der Waals surface area contributed by atoms with Crippen LogP contribution in [0.25, 0.3) is 0 Å². The average molecular weight is 255 g/mol. The van der Waals surface area contributed by atoms with Crippen molar-refractivity contribution in [2.75, 3.05) is 5.32 Å². The minimum Gasteiger partial charge on any atom is -0.367 e. The maximum Gasteiger partial charge on any atom is 0.126 e. The van der Waals surface area contributed by atoms with Crippen LogP contribution in [0.2, 0.25) is 0 Å². The second kappa shape index (κ2) is 5.15. The van der Waals surface area contributed by atoms with Crippen LogP contribution in [0.4, 0.5) is 5.82 Å². The van der Waals surface area contributed by atoms with Gasteiger partial charge in [0.1, 0.15) is 5.82 Å². The van der Waals surface area contributed by atoms with Gasteiger partial charge in [-0.3, -0.25) is 0 Å². The van der Waals surface area contributed by atoms with Crippen LogP contribution >= 0.6 is 15.9 Å². The Labute approximate surface area is 93.6 Å². The number of anilines is 1. The molecule has 2 nitrogen and oxygen atoms in total. The number of hydrogen-bond acceptors (Lipinski definition) is 2. The van der Waals surface area contributed by atoms with Gasteiger partial charge in [-0.25, -0.2) is 4.98 Å². The molecule has 0 radical (unpaired) electrons. The SMILES string of the molecule is C=CCC(C)Nc1ccc(Br)c(C)n1. The monoisotopic (exact) mass is 254 g/mol. The number of pyridine rings is 1.